The standard InChI is InChI=1S/C12H11BrF2N2O/c1-6-7(2)18-11(17-6)5-16-12-9(14)3-8(13)4-10(12)15/h3-4,16H,5H2,1-2H3. The Hall–Kier alpha value is -1.43. The third kappa shape index (κ3) is 2.69. The molecule has 1 aromatic heterocycles. The van der Waals surface area contributed by atoms with Gasteiger partial charge >= 0.3 is 0 Å². The Labute approximate surface area is 111 Å². The molecule has 0 spiro atoms. The van der Waals surface area contributed by atoms with Crippen molar-refractivity contribution < 1.29 is 13.2 Å². The molecule has 0 radical (unpaired) electrons. The van der Waals surface area contributed by atoms with E-state index in [-0.39, 0.29) is 12.2 Å². The minimum Gasteiger partial charge on any atom is -0.444 e. The number of anilines is 1. The Morgan fingerprint density at radius 3 is 2.39 bits per heavy atom. The van der Waals surface area contributed by atoms with Gasteiger partial charge in [-0.2, -0.15) is 0 Å². The van der Waals surface area contributed by atoms with Gasteiger partial charge in [-0.3, -0.25) is 0 Å². The average Bonchev–Trinajstić information content (AvgIpc) is 2.56. The third-order valence-corrected chi connectivity index (χ3v) is 2.95. The Kier molecular flexibility index (Phi) is 3.65. The van der Waals surface area contributed by atoms with Crippen LogP contribution in [0.25, 0.3) is 0 Å². The molecule has 0 aliphatic rings. The quantitative estimate of drug-likeness (QED) is 0.932. The van der Waals surface area contributed by atoms with Gasteiger partial charge in [0.1, 0.15) is 23.1 Å². The molecule has 0 aliphatic heterocycles. The Balaban J connectivity index is 2.15. The Morgan fingerprint density at radius 2 is 1.89 bits per heavy atom. The summed E-state index contributed by atoms with van der Waals surface area (Å²) in [6, 6.07) is 2.38. The first-order valence-electron chi connectivity index (χ1n) is 5.28. The molecule has 1 heterocycles. The molecule has 18 heavy (non-hydrogen) atoms. The number of halogens is 3. The van der Waals surface area contributed by atoms with Crippen LogP contribution in [0.3, 0.4) is 0 Å². The zero-order valence-corrected chi connectivity index (χ0v) is 11.4. The van der Waals surface area contributed by atoms with Gasteiger partial charge in [-0.05, 0) is 26.0 Å². The van der Waals surface area contributed by atoms with Crippen LogP contribution < -0.4 is 5.32 Å². The van der Waals surface area contributed by atoms with E-state index >= 15 is 0 Å². The summed E-state index contributed by atoms with van der Waals surface area (Å²) in [5, 5.41) is 2.64. The van der Waals surface area contributed by atoms with Crippen LogP contribution in [-0.2, 0) is 6.54 Å². The second kappa shape index (κ2) is 5.06. The molecule has 0 aliphatic carbocycles. The van der Waals surface area contributed by atoms with Gasteiger partial charge in [0.05, 0.1) is 12.2 Å². The maximum absolute atomic E-state index is 13.5. The monoisotopic (exact) mass is 316 g/mol. The van der Waals surface area contributed by atoms with Crippen molar-refractivity contribution in [2.24, 2.45) is 0 Å². The number of oxazole rings is 1. The van der Waals surface area contributed by atoms with Gasteiger partial charge in [0, 0.05) is 4.47 Å². The first-order chi connectivity index (χ1) is 8.47. The summed E-state index contributed by atoms with van der Waals surface area (Å²) < 4.78 is 32.7. The molecular weight excluding hydrogens is 306 g/mol. The maximum Gasteiger partial charge on any atom is 0.213 e. The minimum absolute atomic E-state index is 0.129. The van der Waals surface area contributed by atoms with Crippen LogP contribution in [0, 0.1) is 25.5 Å². The van der Waals surface area contributed by atoms with Gasteiger partial charge in [0.2, 0.25) is 5.89 Å². The molecule has 1 N–H and O–H groups in total. The van der Waals surface area contributed by atoms with Crippen molar-refractivity contribution in [1.82, 2.24) is 4.98 Å². The summed E-state index contributed by atoms with van der Waals surface area (Å²) in [4.78, 5) is 4.12. The van der Waals surface area contributed by atoms with Crippen LogP contribution in [0.2, 0.25) is 0 Å². The fourth-order valence-electron chi connectivity index (χ4n) is 1.49. The molecule has 1 aromatic carbocycles. The molecule has 0 saturated carbocycles. The molecular formula is C12H11BrF2N2O. The topological polar surface area (TPSA) is 38.1 Å². The molecule has 96 valence electrons. The van der Waals surface area contributed by atoms with Crippen LogP contribution in [0.4, 0.5) is 14.5 Å². The van der Waals surface area contributed by atoms with Crippen LogP contribution in [-0.4, -0.2) is 4.98 Å². The van der Waals surface area contributed by atoms with E-state index < -0.39 is 11.6 Å². The van der Waals surface area contributed by atoms with Crippen LogP contribution in [0.1, 0.15) is 17.3 Å². The van der Waals surface area contributed by atoms with Gasteiger partial charge in [-0.25, -0.2) is 13.8 Å². The smallest absolute Gasteiger partial charge is 0.213 e. The second-order valence-electron chi connectivity index (χ2n) is 3.85. The Bertz CT molecular complexity index is 541. The highest BCUT2D eigenvalue weighted by atomic mass is 79.9. The minimum atomic E-state index is -0.665. The summed E-state index contributed by atoms with van der Waals surface area (Å²) in [5.74, 6) is -0.237. The van der Waals surface area contributed by atoms with Gasteiger partial charge < -0.3 is 9.73 Å². The van der Waals surface area contributed by atoms with E-state index in [0.717, 1.165) is 5.69 Å². The molecule has 0 saturated heterocycles. The van der Waals surface area contributed by atoms with Crippen molar-refractivity contribution in [1.29, 1.82) is 0 Å². The summed E-state index contributed by atoms with van der Waals surface area (Å²) in [6.07, 6.45) is 0. The van der Waals surface area contributed by atoms with Crippen molar-refractivity contribution in [2.75, 3.05) is 5.32 Å². The lowest BCUT2D eigenvalue weighted by Gasteiger charge is -2.07. The van der Waals surface area contributed by atoms with E-state index in [1.165, 1.54) is 12.1 Å². The summed E-state index contributed by atoms with van der Waals surface area (Å²) in [5.41, 5.74) is 0.579. The SMILES string of the molecule is Cc1nc(CNc2c(F)cc(Br)cc2F)oc1C. The molecule has 3 nitrogen and oxygen atoms in total. The molecule has 0 unspecified atom stereocenters. The van der Waals surface area contributed by atoms with Crippen molar-refractivity contribution >= 4 is 21.6 Å². The number of nitrogens with zero attached hydrogens (tertiary/aromatic N) is 1. The number of hydrogen-bond acceptors (Lipinski definition) is 3. The number of nitrogens with one attached hydrogen (secondary N) is 1. The molecule has 2 rings (SSSR count). The number of rotatable bonds is 3. The average molecular weight is 317 g/mol. The van der Waals surface area contributed by atoms with Crippen LogP contribution in [0.15, 0.2) is 21.0 Å². The van der Waals surface area contributed by atoms with Crippen LogP contribution in [0.5, 0.6) is 0 Å². The van der Waals surface area contributed by atoms with E-state index in [9.17, 15) is 8.78 Å². The predicted molar refractivity (Wildman–Crippen MR) is 67.4 cm³/mol. The van der Waals surface area contributed by atoms with Gasteiger partial charge in [-0.15, -0.1) is 0 Å². The molecule has 0 fully saturated rings. The van der Waals surface area contributed by atoms with Crippen molar-refractivity contribution in [3.8, 4) is 0 Å². The van der Waals surface area contributed by atoms with E-state index in [4.69, 9.17) is 4.42 Å². The summed E-state index contributed by atoms with van der Waals surface area (Å²) in [6.45, 7) is 3.72. The highest BCUT2D eigenvalue weighted by Gasteiger charge is 2.12. The number of aromatic nitrogens is 1. The maximum atomic E-state index is 13.5. The number of benzene rings is 1. The number of hydrogen-bond donors (Lipinski definition) is 1. The van der Waals surface area contributed by atoms with Gasteiger partial charge in [0.25, 0.3) is 0 Å². The molecule has 0 amide bonds. The fraction of sp³-hybridized carbons (Fsp3) is 0.250. The van der Waals surface area contributed by atoms with E-state index in [1.54, 1.807) is 6.92 Å². The lowest BCUT2D eigenvalue weighted by Crippen LogP contribution is -2.04. The first kappa shape index (κ1) is 13.0. The Morgan fingerprint density at radius 1 is 1.28 bits per heavy atom. The predicted octanol–water partition coefficient (Wildman–Crippen LogP) is 3.94. The molecule has 6 heteroatoms. The van der Waals surface area contributed by atoms with Crippen molar-refractivity contribution in [3.05, 3.63) is 45.6 Å². The largest absolute Gasteiger partial charge is 0.444 e. The van der Waals surface area contributed by atoms with Crippen LogP contribution >= 0.6 is 15.9 Å². The summed E-state index contributed by atoms with van der Waals surface area (Å²) >= 11 is 3.02. The van der Waals surface area contributed by atoms with Crippen molar-refractivity contribution in [3.63, 3.8) is 0 Å². The highest BCUT2D eigenvalue weighted by Crippen LogP contribution is 2.24. The van der Waals surface area contributed by atoms with Gasteiger partial charge in [-0.1, -0.05) is 15.9 Å². The van der Waals surface area contributed by atoms with E-state index in [1.807, 2.05) is 6.92 Å². The fourth-order valence-corrected chi connectivity index (χ4v) is 1.89. The lowest BCUT2D eigenvalue weighted by molar-refractivity contribution is 0.477. The zero-order valence-electron chi connectivity index (χ0n) is 9.85. The highest BCUT2D eigenvalue weighted by molar-refractivity contribution is 9.10. The van der Waals surface area contributed by atoms with E-state index in [2.05, 4.69) is 26.2 Å². The molecule has 0 bridgehead atoms. The second-order valence-corrected chi connectivity index (χ2v) is 4.76. The number of aryl methyl sites for hydroxylation is 2. The third-order valence-electron chi connectivity index (χ3n) is 2.50. The summed E-state index contributed by atoms with van der Waals surface area (Å²) in [7, 11) is 0. The first-order valence-corrected chi connectivity index (χ1v) is 6.08. The lowest BCUT2D eigenvalue weighted by atomic mass is 10.3. The normalized spacial score (nSPS) is 10.7. The molecule has 0 atom stereocenters. The van der Waals surface area contributed by atoms with Crippen molar-refractivity contribution in [2.45, 2.75) is 20.4 Å². The van der Waals surface area contributed by atoms with Gasteiger partial charge in [0.15, 0.2) is 0 Å². The molecule has 2 aromatic rings. The van der Waals surface area contributed by atoms with E-state index in [0.29, 0.717) is 16.1 Å². The zero-order chi connectivity index (χ0) is 13.3.